The lowest BCUT2D eigenvalue weighted by Crippen LogP contribution is -2.41. The molecular weight excluding hydrogens is 328 g/mol. The van der Waals surface area contributed by atoms with Gasteiger partial charge in [-0.15, -0.1) is 0 Å². The van der Waals surface area contributed by atoms with Gasteiger partial charge in [0.15, 0.2) is 0 Å². The van der Waals surface area contributed by atoms with Gasteiger partial charge in [-0.05, 0) is 31.0 Å². The van der Waals surface area contributed by atoms with Gasteiger partial charge in [0, 0.05) is 13.1 Å². The van der Waals surface area contributed by atoms with Crippen LogP contribution in [0.3, 0.4) is 0 Å². The van der Waals surface area contributed by atoms with E-state index < -0.39 is 0 Å². The molecule has 0 spiro atoms. The fourth-order valence-corrected chi connectivity index (χ4v) is 3.83. The molecule has 1 atom stereocenters. The van der Waals surface area contributed by atoms with Crippen molar-refractivity contribution in [3.05, 3.63) is 29.8 Å². The second kappa shape index (κ2) is 7.25. The van der Waals surface area contributed by atoms with Gasteiger partial charge in [0.1, 0.15) is 5.75 Å². The van der Waals surface area contributed by atoms with Crippen LogP contribution in [-0.4, -0.2) is 58.3 Å². The Morgan fingerprint density at radius 2 is 2.04 bits per heavy atom. The molecule has 1 aromatic carbocycles. The smallest absolute Gasteiger partial charge is 0.289 e. The molecule has 0 saturated carbocycles. The highest BCUT2D eigenvalue weighted by Crippen LogP contribution is 2.26. The van der Waals surface area contributed by atoms with Crippen LogP contribution in [0, 0.1) is 0 Å². The minimum Gasteiger partial charge on any atom is -0.494 e. The van der Waals surface area contributed by atoms with Crippen LogP contribution in [0.15, 0.2) is 24.3 Å². The number of thioether (sulfide) groups is 1. The number of rotatable bonds is 5. The Kier molecular flexibility index (Phi) is 5.08. The summed E-state index contributed by atoms with van der Waals surface area (Å²) in [6.07, 6.45) is 0.975. The fraction of sp³-hybridized carbons (Fsp3) is 0.471. The average molecular weight is 348 g/mol. The van der Waals surface area contributed by atoms with Crippen LogP contribution < -0.4 is 4.74 Å². The summed E-state index contributed by atoms with van der Waals surface area (Å²) in [4.78, 5) is 39.1. The molecule has 0 bridgehead atoms. The highest BCUT2D eigenvalue weighted by molar-refractivity contribution is 8.14. The maximum Gasteiger partial charge on any atom is 0.289 e. The van der Waals surface area contributed by atoms with Crippen LogP contribution in [-0.2, 0) is 16.0 Å². The second-order valence-electron chi connectivity index (χ2n) is 5.85. The molecule has 3 amide bonds. The van der Waals surface area contributed by atoms with Gasteiger partial charge >= 0.3 is 0 Å². The molecule has 1 unspecified atom stereocenters. The Balaban J connectivity index is 1.56. The van der Waals surface area contributed by atoms with E-state index in [1.54, 1.807) is 4.90 Å². The molecule has 0 N–H and O–H groups in total. The van der Waals surface area contributed by atoms with Crippen LogP contribution >= 0.6 is 11.8 Å². The summed E-state index contributed by atoms with van der Waals surface area (Å²) in [7, 11) is 0. The number of carbonyl (C=O) groups excluding carboxylic acids is 3. The van der Waals surface area contributed by atoms with Crippen LogP contribution in [0.25, 0.3) is 0 Å². The average Bonchev–Trinajstić information content (AvgIpc) is 3.16. The van der Waals surface area contributed by atoms with Gasteiger partial charge in [-0.3, -0.25) is 19.3 Å². The van der Waals surface area contributed by atoms with Crippen molar-refractivity contribution in [3.8, 4) is 5.75 Å². The van der Waals surface area contributed by atoms with Gasteiger partial charge in [-0.1, -0.05) is 23.9 Å². The predicted molar refractivity (Wildman–Crippen MR) is 91.0 cm³/mol. The zero-order chi connectivity index (χ0) is 17.1. The number of nitrogens with zero attached hydrogens (tertiary/aromatic N) is 2. The van der Waals surface area contributed by atoms with Crippen molar-refractivity contribution in [1.82, 2.24) is 9.80 Å². The summed E-state index contributed by atoms with van der Waals surface area (Å²) in [5.41, 5.74) is 0.927. The fourth-order valence-electron chi connectivity index (χ4n) is 3.05. The Bertz CT molecular complexity index is 630. The first-order chi connectivity index (χ1) is 11.6. The molecule has 24 heavy (non-hydrogen) atoms. The lowest BCUT2D eigenvalue weighted by Gasteiger charge is -2.22. The normalized spacial score (nSPS) is 20.8. The van der Waals surface area contributed by atoms with E-state index in [1.165, 1.54) is 4.90 Å². The number of imide groups is 1. The molecule has 2 heterocycles. The Morgan fingerprint density at radius 3 is 2.67 bits per heavy atom. The number of amides is 3. The first kappa shape index (κ1) is 16.8. The van der Waals surface area contributed by atoms with Crippen molar-refractivity contribution in [3.63, 3.8) is 0 Å². The summed E-state index contributed by atoms with van der Waals surface area (Å²) >= 11 is 1.04. The first-order valence-corrected chi connectivity index (χ1v) is 9.05. The van der Waals surface area contributed by atoms with Gasteiger partial charge in [-0.25, -0.2) is 0 Å². The third kappa shape index (κ3) is 3.56. The van der Waals surface area contributed by atoms with E-state index in [9.17, 15) is 14.4 Å². The summed E-state index contributed by atoms with van der Waals surface area (Å²) in [5.74, 6) is 0.887. The number of hydrogen-bond acceptors (Lipinski definition) is 5. The largest absolute Gasteiger partial charge is 0.494 e. The van der Waals surface area contributed by atoms with E-state index in [4.69, 9.17) is 4.74 Å². The molecule has 2 saturated heterocycles. The quantitative estimate of drug-likeness (QED) is 0.813. The summed E-state index contributed by atoms with van der Waals surface area (Å²) < 4.78 is 5.39. The molecular formula is C17H20N2O4S. The van der Waals surface area contributed by atoms with E-state index in [2.05, 4.69) is 0 Å². The van der Waals surface area contributed by atoms with Crippen molar-refractivity contribution in [2.75, 3.05) is 25.4 Å². The molecule has 0 radical (unpaired) electrons. The highest BCUT2D eigenvalue weighted by Gasteiger charge is 2.40. The second-order valence-corrected chi connectivity index (χ2v) is 6.78. The zero-order valence-corrected chi connectivity index (χ0v) is 14.4. The number of likely N-dealkylation sites (tertiary alicyclic amines) is 1. The van der Waals surface area contributed by atoms with E-state index >= 15 is 0 Å². The standard InChI is InChI=1S/C17H20N2O4S/c1-2-23-14-5-3-12(4-6-14)9-15(20)18-8-7-13(10-18)19-16(21)11-24-17(19)22/h3-6,13H,2,7-11H2,1H3. The van der Waals surface area contributed by atoms with Crippen molar-refractivity contribution in [2.24, 2.45) is 0 Å². The maximum absolute atomic E-state index is 12.4. The van der Waals surface area contributed by atoms with Crippen LogP contribution in [0.4, 0.5) is 4.79 Å². The molecule has 7 heteroatoms. The highest BCUT2D eigenvalue weighted by atomic mass is 32.2. The lowest BCUT2D eigenvalue weighted by atomic mass is 10.1. The first-order valence-electron chi connectivity index (χ1n) is 8.07. The van der Waals surface area contributed by atoms with Crippen LogP contribution in [0.1, 0.15) is 18.9 Å². The van der Waals surface area contributed by atoms with Gasteiger partial charge in [0.2, 0.25) is 11.8 Å². The minimum atomic E-state index is -0.189. The molecule has 2 fully saturated rings. The Hall–Kier alpha value is -2.02. The third-order valence-corrected chi connectivity index (χ3v) is 5.09. The molecule has 128 valence electrons. The summed E-state index contributed by atoms with van der Waals surface area (Å²) in [5, 5.41) is -0.189. The lowest BCUT2D eigenvalue weighted by molar-refractivity contribution is -0.131. The van der Waals surface area contributed by atoms with Gasteiger partial charge in [0.05, 0.1) is 24.8 Å². The molecule has 2 aliphatic rings. The molecule has 3 rings (SSSR count). The number of hydrogen-bond donors (Lipinski definition) is 0. The number of carbonyl (C=O) groups is 3. The van der Waals surface area contributed by atoms with E-state index in [0.29, 0.717) is 32.5 Å². The van der Waals surface area contributed by atoms with Crippen molar-refractivity contribution >= 4 is 28.8 Å². The minimum absolute atomic E-state index is 0.0217. The predicted octanol–water partition coefficient (Wildman–Crippen LogP) is 1.92. The summed E-state index contributed by atoms with van der Waals surface area (Å²) in [6.45, 7) is 3.56. The molecule has 2 aliphatic heterocycles. The Morgan fingerprint density at radius 1 is 1.29 bits per heavy atom. The molecule has 0 aliphatic carbocycles. The van der Waals surface area contributed by atoms with E-state index in [1.807, 2.05) is 31.2 Å². The van der Waals surface area contributed by atoms with E-state index in [0.717, 1.165) is 23.1 Å². The number of ether oxygens (including phenoxy) is 1. The molecule has 6 nitrogen and oxygen atoms in total. The van der Waals surface area contributed by atoms with Gasteiger partial charge in [0.25, 0.3) is 5.24 Å². The molecule has 1 aromatic rings. The van der Waals surface area contributed by atoms with Crippen molar-refractivity contribution in [1.29, 1.82) is 0 Å². The zero-order valence-electron chi connectivity index (χ0n) is 13.6. The topological polar surface area (TPSA) is 66.9 Å². The Labute approximate surface area is 145 Å². The number of benzene rings is 1. The third-order valence-electron chi connectivity index (χ3n) is 4.26. The van der Waals surface area contributed by atoms with Crippen LogP contribution in [0.5, 0.6) is 5.75 Å². The summed E-state index contributed by atoms with van der Waals surface area (Å²) in [6, 6.07) is 7.32. The maximum atomic E-state index is 12.4. The van der Waals surface area contributed by atoms with E-state index in [-0.39, 0.29) is 28.8 Å². The molecule has 0 aromatic heterocycles. The SMILES string of the molecule is CCOc1ccc(CC(=O)N2CCC(N3C(=O)CSC3=O)C2)cc1. The van der Waals surface area contributed by atoms with Gasteiger partial charge < -0.3 is 9.64 Å². The van der Waals surface area contributed by atoms with Crippen LogP contribution in [0.2, 0.25) is 0 Å². The van der Waals surface area contributed by atoms with Crippen molar-refractivity contribution in [2.45, 2.75) is 25.8 Å². The monoisotopic (exact) mass is 348 g/mol. The van der Waals surface area contributed by atoms with Gasteiger partial charge in [-0.2, -0.15) is 0 Å². The van der Waals surface area contributed by atoms with Crippen molar-refractivity contribution < 1.29 is 19.1 Å².